The van der Waals surface area contributed by atoms with Gasteiger partial charge in [-0.15, -0.1) is 17.9 Å². The molecule has 0 spiro atoms. The van der Waals surface area contributed by atoms with Crippen molar-refractivity contribution in [3.05, 3.63) is 94.1 Å². The summed E-state index contributed by atoms with van der Waals surface area (Å²) >= 11 is 3.15. The number of aromatic nitrogens is 2. The fraction of sp³-hybridized carbons (Fsp3) is 0.115. The lowest BCUT2D eigenvalue weighted by molar-refractivity contribution is 0.0999. The van der Waals surface area contributed by atoms with Crippen LogP contribution >= 0.6 is 22.7 Å². The molecule has 0 aliphatic carbocycles. The SMILES string of the molecule is C=CCn1c(=NC(=O)c2cc(-c3cccs3)nc3ccccc23)sc2c(C)cc(C)cc21. The van der Waals surface area contributed by atoms with E-state index in [1.54, 1.807) is 22.7 Å². The second kappa shape index (κ2) is 8.30. The molecule has 0 saturated carbocycles. The van der Waals surface area contributed by atoms with E-state index < -0.39 is 0 Å². The molecule has 0 fully saturated rings. The van der Waals surface area contributed by atoms with Gasteiger partial charge in [-0.2, -0.15) is 4.99 Å². The first kappa shape index (κ1) is 20.5. The Morgan fingerprint density at radius 1 is 1.16 bits per heavy atom. The molecule has 5 aromatic rings. The Bertz CT molecular complexity index is 1560. The smallest absolute Gasteiger partial charge is 0.280 e. The molecule has 3 aromatic heterocycles. The molecule has 0 saturated heterocycles. The third-order valence-corrected chi connectivity index (χ3v) is 7.47. The number of rotatable bonds is 4. The first-order valence-electron chi connectivity index (χ1n) is 10.3. The molecule has 0 radical (unpaired) electrons. The maximum absolute atomic E-state index is 13.5. The largest absolute Gasteiger partial charge is 0.312 e. The summed E-state index contributed by atoms with van der Waals surface area (Å²) in [7, 11) is 0. The van der Waals surface area contributed by atoms with Gasteiger partial charge >= 0.3 is 0 Å². The molecule has 158 valence electrons. The lowest BCUT2D eigenvalue weighted by Crippen LogP contribution is -2.16. The number of carbonyl (C=O) groups excluding carboxylic acids is 1. The van der Waals surface area contributed by atoms with Gasteiger partial charge in [-0.05, 0) is 54.6 Å². The normalized spacial score (nSPS) is 12.0. The second-order valence-corrected chi connectivity index (χ2v) is 9.61. The Morgan fingerprint density at radius 2 is 2.00 bits per heavy atom. The van der Waals surface area contributed by atoms with Crippen LogP contribution in [0.2, 0.25) is 0 Å². The number of carbonyl (C=O) groups is 1. The molecule has 2 aromatic carbocycles. The van der Waals surface area contributed by atoms with Crippen molar-refractivity contribution in [3.8, 4) is 10.6 Å². The van der Waals surface area contributed by atoms with Crippen molar-refractivity contribution < 1.29 is 4.79 Å². The molecule has 0 unspecified atom stereocenters. The van der Waals surface area contributed by atoms with Crippen molar-refractivity contribution in [2.45, 2.75) is 20.4 Å². The third-order valence-electron chi connectivity index (χ3n) is 5.34. The minimum atomic E-state index is -0.264. The first-order valence-corrected chi connectivity index (χ1v) is 12.0. The molecule has 0 bridgehead atoms. The van der Waals surface area contributed by atoms with Gasteiger partial charge in [0.05, 0.1) is 31.9 Å². The first-order chi connectivity index (χ1) is 15.5. The number of aryl methyl sites for hydroxylation is 2. The summed E-state index contributed by atoms with van der Waals surface area (Å²) in [5.74, 6) is -0.264. The van der Waals surface area contributed by atoms with Crippen molar-refractivity contribution in [3.63, 3.8) is 0 Å². The van der Waals surface area contributed by atoms with Crippen molar-refractivity contribution in [1.82, 2.24) is 9.55 Å². The van der Waals surface area contributed by atoms with E-state index in [0.717, 1.165) is 31.7 Å². The Morgan fingerprint density at radius 3 is 2.78 bits per heavy atom. The molecule has 4 nitrogen and oxygen atoms in total. The van der Waals surface area contributed by atoms with Crippen LogP contribution in [0.3, 0.4) is 0 Å². The van der Waals surface area contributed by atoms with Gasteiger partial charge in [0, 0.05) is 11.9 Å². The van der Waals surface area contributed by atoms with E-state index in [4.69, 9.17) is 4.98 Å². The van der Waals surface area contributed by atoms with Gasteiger partial charge in [-0.3, -0.25) is 4.79 Å². The molecule has 1 amide bonds. The van der Waals surface area contributed by atoms with Crippen molar-refractivity contribution in [1.29, 1.82) is 0 Å². The summed E-state index contributed by atoms with van der Waals surface area (Å²) < 4.78 is 3.21. The van der Waals surface area contributed by atoms with E-state index in [2.05, 4.69) is 42.1 Å². The van der Waals surface area contributed by atoms with Gasteiger partial charge in [-0.1, -0.05) is 47.7 Å². The van der Waals surface area contributed by atoms with Gasteiger partial charge < -0.3 is 4.57 Å². The summed E-state index contributed by atoms with van der Waals surface area (Å²) in [5.41, 5.74) is 5.60. The average molecular weight is 456 g/mol. The molecular weight excluding hydrogens is 434 g/mol. The fourth-order valence-electron chi connectivity index (χ4n) is 3.95. The highest BCUT2D eigenvalue weighted by atomic mass is 32.1. The van der Waals surface area contributed by atoms with Crippen LogP contribution in [0.25, 0.3) is 31.7 Å². The summed E-state index contributed by atoms with van der Waals surface area (Å²) in [5, 5.41) is 2.82. The Hall–Kier alpha value is -3.35. The molecular formula is C26H21N3OS2. The summed E-state index contributed by atoms with van der Waals surface area (Å²) in [4.78, 5) is 24.6. The quantitative estimate of drug-likeness (QED) is 0.290. The Kier molecular flexibility index (Phi) is 5.33. The highest BCUT2D eigenvalue weighted by Crippen LogP contribution is 2.28. The maximum atomic E-state index is 13.5. The summed E-state index contributed by atoms with van der Waals surface area (Å²) in [6, 6.07) is 17.9. The molecule has 32 heavy (non-hydrogen) atoms. The van der Waals surface area contributed by atoms with Crippen molar-refractivity contribution in [2.75, 3.05) is 0 Å². The lowest BCUT2D eigenvalue weighted by Gasteiger charge is -2.06. The number of thiophene rings is 1. The molecule has 6 heteroatoms. The van der Waals surface area contributed by atoms with E-state index in [1.165, 1.54) is 11.1 Å². The van der Waals surface area contributed by atoms with Gasteiger partial charge in [0.15, 0.2) is 4.80 Å². The van der Waals surface area contributed by atoms with Crippen LogP contribution in [0.15, 0.2) is 77.6 Å². The zero-order valence-electron chi connectivity index (χ0n) is 17.8. The predicted molar refractivity (Wildman–Crippen MR) is 134 cm³/mol. The summed E-state index contributed by atoms with van der Waals surface area (Å²) in [6.07, 6.45) is 1.84. The van der Waals surface area contributed by atoms with E-state index in [0.29, 0.717) is 16.9 Å². The zero-order valence-corrected chi connectivity index (χ0v) is 19.5. The molecule has 0 aliphatic rings. The van der Waals surface area contributed by atoms with Crippen LogP contribution in [-0.4, -0.2) is 15.5 Å². The number of para-hydroxylation sites is 1. The lowest BCUT2D eigenvalue weighted by atomic mass is 10.1. The molecule has 0 N–H and O–H groups in total. The molecule has 5 rings (SSSR count). The number of thiazole rings is 1. The Labute approximate surface area is 193 Å². The van der Waals surface area contributed by atoms with E-state index >= 15 is 0 Å². The minimum absolute atomic E-state index is 0.264. The van der Waals surface area contributed by atoms with Gasteiger partial charge in [-0.25, -0.2) is 4.98 Å². The van der Waals surface area contributed by atoms with Crippen LogP contribution in [0, 0.1) is 13.8 Å². The number of benzene rings is 2. The van der Waals surface area contributed by atoms with Crippen LogP contribution in [0.1, 0.15) is 21.5 Å². The van der Waals surface area contributed by atoms with Crippen LogP contribution in [0.5, 0.6) is 0 Å². The fourth-order valence-corrected chi connectivity index (χ4v) is 5.73. The van der Waals surface area contributed by atoms with Crippen LogP contribution in [0.4, 0.5) is 0 Å². The molecule has 0 atom stereocenters. The molecule has 3 heterocycles. The predicted octanol–water partition coefficient (Wildman–Crippen LogP) is 6.52. The Balaban J connectivity index is 1.73. The number of hydrogen-bond donors (Lipinski definition) is 0. The number of nitrogens with zero attached hydrogens (tertiary/aromatic N) is 3. The van der Waals surface area contributed by atoms with E-state index in [9.17, 15) is 4.79 Å². The number of amides is 1. The standard InChI is InChI=1S/C26H21N3OS2/c1-4-11-29-22-14-16(2)13-17(3)24(22)32-26(29)28-25(30)19-15-21(23-10-7-12-31-23)27-20-9-6-5-8-18(19)20/h4-10,12-15H,1,11H2,2-3H3. The second-order valence-electron chi connectivity index (χ2n) is 7.68. The number of allylic oxidation sites excluding steroid dienone is 1. The van der Waals surface area contributed by atoms with Crippen molar-refractivity contribution >= 4 is 49.7 Å². The zero-order chi connectivity index (χ0) is 22.2. The van der Waals surface area contributed by atoms with Crippen LogP contribution in [-0.2, 0) is 6.54 Å². The van der Waals surface area contributed by atoms with Crippen LogP contribution < -0.4 is 4.80 Å². The summed E-state index contributed by atoms with van der Waals surface area (Å²) in [6.45, 7) is 8.67. The van der Waals surface area contributed by atoms with Crippen molar-refractivity contribution in [2.24, 2.45) is 4.99 Å². The average Bonchev–Trinajstić information content (AvgIpc) is 3.43. The van der Waals surface area contributed by atoms with Gasteiger partial charge in [0.1, 0.15) is 0 Å². The maximum Gasteiger partial charge on any atom is 0.280 e. The monoisotopic (exact) mass is 455 g/mol. The highest BCUT2D eigenvalue weighted by Gasteiger charge is 2.15. The molecule has 0 aliphatic heterocycles. The number of fused-ring (bicyclic) bond motifs is 2. The number of hydrogen-bond acceptors (Lipinski definition) is 4. The minimum Gasteiger partial charge on any atom is -0.312 e. The van der Waals surface area contributed by atoms with E-state index in [-0.39, 0.29) is 5.91 Å². The third kappa shape index (κ3) is 3.61. The highest BCUT2D eigenvalue weighted by molar-refractivity contribution is 7.16. The topological polar surface area (TPSA) is 47.2 Å². The number of pyridine rings is 1. The van der Waals surface area contributed by atoms with Gasteiger partial charge in [0.2, 0.25) is 0 Å². The van der Waals surface area contributed by atoms with E-state index in [1.807, 2.05) is 53.9 Å². The van der Waals surface area contributed by atoms with Gasteiger partial charge in [0.25, 0.3) is 5.91 Å².